The van der Waals surface area contributed by atoms with Crippen LogP contribution >= 0.6 is 11.6 Å². The van der Waals surface area contributed by atoms with E-state index in [1.165, 1.54) is 23.2 Å². The lowest BCUT2D eigenvalue weighted by molar-refractivity contribution is 0.144. The number of benzene rings is 1. The lowest BCUT2D eigenvalue weighted by atomic mass is 9.97. The standard InChI is InChI=1S/C21H25ClN2O3/c1-25-7-8-27-20-6-3-14(9-21(20)26-2)13-24-16-4-5-19(24)17-10-15(22)12-23-18(17)11-16/h3,6,9-10,12,16,19H,4-5,7-8,11,13H2,1-2H3. The maximum absolute atomic E-state index is 6.21. The van der Waals surface area contributed by atoms with E-state index in [1.807, 2.05) is 6.07 Å². The Balaban J connectivity index is 1.52. The third-order valence-electron chi connectivity index (χ3n) is 5.54. The highest BCUT2D eigenvalue weighted by Crippen LogP contribution is 2.44. The molecule has 0 N–H and O–H groups in total. The molecular weight excluding hydrogens is 364 g/mol. The highest BCUT2D eigenvalue weighted by atomic mass is 35.5. The van der Waals surface area contributed by atoms with Gasteiger partial charge in [-0.2, -0.15) is 0 Å². The van der Waals surface area contributed by atoms with Gasteiger partial charge < -0.3 is 14.2 Å². The van der Waals surface area contributed by atoms with E-state index in [0.717, 1.165) is 35.9 Å². The Morgan fingerprint density at radius 1 is 1.15 bits per heavy atom. The summed E-state index contributed by atoms with van der Waals surface area (Å²) in [5.41, 5.74) is 3.73. The molecule has 0 spiro atoms. The topological polar surface area (TPSA) is 43.8 Å². The number of ether oxygens (including phenoxy) is 3. The molecule has 144 valence electrons. The smallest absolute Gasteiger partial charge is 0.161 e. The van der Waals surface area contributed by atoms with Gasteiger partial charge in [-0.3, -0.25) is 9.88 Å². The number of rotatable bonds is 7. The van der Waals surface area contributed by atoms with Crippen molar-refractivity contribution in [1.82, 2.24) is 9.88 Å². The highest BCUT2D eigenvalue weighted by Gasteiger charge is 2.40. The van der Waals surface area contributed by atoms with Crippen molar-refractivity contribution in [2.24, 2.45) is 0 Å². The number of hydrogen-bond donors (Lipinski definition) is 0. The average Bonchev–Trinajstić information content (AvgIpc) is 2.95. The zero-order valence-corrected chi connectivity index (χ0v) is 16.5. The van der Waals surface area contributed by atoms with Crippen molar-refractivity contribution in [3.8, 4) is 11.5 Å². The van der Waals surface area contributed by atoms with Gasteiger partial charge in [-0.15, -0.1) is 0 Å². The van der Waals surface area contributed by atoms with E-state index in [-0.39, 0.29) is 0 Å². The molecule has 2 aliphatic heterocycles. The van der Waals surface area contributed by atoms with E-state index in [0.29, 0.717) is 25.3 Å². The van der Waals surface area contributed by atoms with Crippen LogP contribution in [0.5, 0.6) is 11.5 Å². The summed E-state index contributed by atoms with van der Waals surface area (Å²) in [5.74, 6) is 1.51. The van der Waals surface area contributed by atoms with E-state index in [2.05, 4.69) is 28.1 Å². The lowest BCUT2D eigenvalue weighted by Crippen LogP contribution is -2.37. The molecule has 27 heavy (non-hydrogen) atoms. The van der Waals surface area contributed by atoms with Crippen molar-refractivity contribution in [3.63, 3.8) is 0 Å². The van der Waals surface area contributed by atoms with Crippen LogP contribution in [0.3, 0.4) is 0 Å². The molecule has 2 bridgehead atoms. The summed E-state index contributed by atoms with van der Waals surface area (Å²) >= 11 is 6.21. The van der Waals surface area contributed by atoms with Gasteiger partial charge in [-0.25, -0.2) is 0 Å². The Hall–Kier alpha value is -1.82. The van der Waals surface area contributed by atoms with Gasteiger partial charge in [-0.05, 0) is 42.2 Å². The van der Waals surface area contributed by atoms with Crippen molar-refractivity contribution in [1.29, 1.82) is 0 Å². The van der Waals surface area contributed by atoms with Crippen molar-refractivity contribution in [3.05, 3.63) is 52.3 Å². The van der Waals surface area contributed by atoms with E-state index in [1.54, 1.807) is 20.4 Å². The summed E-state index contributed by atoms with van der Waals surface area (Å²) in [6.07, 6.45) is 5.13. The minimum absolute atomic E-state index is 0.397. The maximum atomic E-state index is 6.21. The lowest BCUT2D eigenvalue weighted by Gasteiger charge is -2.36. The predicted molar refractivity (Wildman–Crippen MR) is 105 cm³/mol. The fourth-order valence-corrected chi connectivity index (χ4v) is 4.44. The van der Waals surface area contributed by atoms with Crippen molar-refractivity contribution in [2.75, 3.05) is 27.4 Å². The SMILES string of the molecule is COCCOc1ccc(CN2C3CCC2c2cc(Cl)cnc2C3)cc1OC. The second-order valence-corrected chi connectivity index (χ2v) is 7.58. The molecule has 2 unspecified atom stereocenters. The first-order valence-corrected chi connectivity index (χ1v) is 9.76. The molecule has 2 atom stereocenters. The number of halogens is 1. The molecule has 1 aromatic carbocycles. The van der Waals surface area contributed by atoms with Crippen molar-refractivity contribution < 1.29 is 14.2 Å². The summed E-state index contributed by atoms with van der Waals surface area (Å²) in [6.45, 7) is 1.95. The average molecular weight is 389 g/mol. The van der Waals surface area contributed by atoms with Crippen LogP contribution in [0.4, 0.5) is 0 Å². The van der Waals surface area contributed by atoms with E-state index in [9.17, 15) is 0 Å². The third-order valence-corrected chi connectivity index (χ3v) is 5.75. The molecule has 0 radical (unpaired) electrons. The Morgan fingerprint density at radius 3 is 2.85 bits per heavy atom. The summed E-state index contributed by atoms with van der Waals surface area (Å²) < 4.78 is 16.3. The molecule has 0 saturated carbocycles. The quantitative estimate of drug-likeness (QED) is 0.670. The summed E-state index contributed by atoms with van der Waals surface area (Å²) in [6, 6.07) is 9.22. The Morgan fingerprint density at radius 2 is 2.04 bits per heavy atom. The van der Waals surface area contributed by atoms with Crippen LogP contribution in [0.25, 0.3) is 0 Å². The fraction of sp³-hybridized carbons (Fsp3) is 0.476. The maximum Gasteiger partial charge on any atom is 0.161 e. The predicted octanol–water partition coefficient (Wildman–Crippen LogP) is 4.03. The van der Waals surface area contributed by atoms with Crippen LogP contribution in [0.2, 0.25) is 5.02 Å². The van der Waals surface area contributed by atoms with Crippen molar-refractivity contribution in [2.45, 2.75) is 37.9 Å². The third kappa shape index (κ3) is 3.77. The zero-order chi connectivity index (χ0) is 18.8. The first-order chi connectivity index (χ1) is 13.2. The minimum atomic E-state index is 0.397. The van der Waals surface area contributed by atoms with Gasteiger partial charge in [0.15, 0.2) is 11.5 Å². The second kappa shape index (κ2) is 8.05. The Bertz CT molecular complexity index is 814. The molecule has 1 fully saturated rings. The van der Waals surface area contributed by atoms with Gasteiger partial charge in [0.2, 0.25) is 0 Å². The van der Waals surface area contributed by atoms with Crippen LogP contribution in [-0.2, 0) is 17.7 Å². The number of fused-ring (bicyclic) bond motifs is 4. The second-order valence-electron chi connectivity index (χ2n) is 7.14. The van der Waals surface area contributed by atoms with E-state index in [4.69, 9.17) is 25.8 Å². The number of nitrogens with zero attached hydrogens (tertiary/aromatic N) is 2. The first-order valence-electron chi connectivity index (χ1n) is 9.38. The van der Waals surface area contributed by atoms with Crippen molar-refractivity contribution >= 4 is 11.6 Å². The summed E-state index contributed by atoms with van der Waals surface area (Å²) in [4.78, 5) is 7.15. The van der Waals surface area contributed by atoms with Gasteiger partial charge >= 0.3 is 0 Å². The normalized spacial score (nSPS) is 21.1. The first kappa shape index (κ1) is 18.5. The van der Waals surface area contributed by atoms with Crippen LogP contribution < -0.4 is 9.47 Å². The molecule has 0 aliphatic carbocycles. The Kier molecular flexibility index (Phi) is 5.53. The number of pyridine rings is 1. The largest absolute Gasteiger partial charge is 0.493 e. The van der Waals surface area contributed by atoms with Crippen LogP contribution in [0, 0.1) is 0 Å². The molecular formula is C21H25ClN2O3. The molecule has 4 rings (SSSR count). The minimum Gasteiger partial charge on any atom is -0.493 e. The summed E-state index contributed by atoms with van der Waals surface area (Å²) in [7, 11) is 3.34. The van der Waals surface area contributed by atoms with Gasteiger partial charge in [0.25, 0.3) is 0 Å². The molecule has 2 aromatic rings. The highest BCUT2D eigenvalue weighted by molar-refractivity contribution is 6.30. The fourth-order valence-electron chi connectivity index (χ4n) is 4.27. The number of hydrogen-bond acceptors (Lipinski definition) is 5. The summed E-state index contributed by atoms with van der Waals surface area (Å²) in [5, 5.41) is 0.721. The zero-order valence-electron chi connectivity index (χ0n) is 15.8. The van der Waals surface area contributed by atoms with Crippen LogP contribution in [0.15, 0.2) is 30.5 Å². The molecule has 2 aliphatic rings. The molecule has 1 aromatic heterocycles. The molecule has 6 heteroatoms. The van der Waals surface area contributed by atoms with Gasteiger partial charge in [-0.1, -0.05) is 17.7 Å². The van der Waals surface area contributed by atoms with Gasteiger partial charge in [0, 0.05) is 44.0 Å². The van der Waals surface area contributed by atoms with Crippen LogP contribution in [0.1, 0.15) is 35.7 Å². The molecule has 1 saturated heterocycles. The molecule has 5 nitrogen and oxygen atoms in total. The van der Waals surface area contributed by atoms with Gasteiger partial charge in [0.1, 0.15) is 6.61 Å². The van der Waals surface area contributed by atoms with E-state index < -0.39 is 0 Å². The number of aromatic nitrogens is 1. The molecule has 0 amide bonds. The number of methoxy groups -OCH3 is 2. The van der Waals surface area contributed by atoms with Gasteiger partial charge in [0.05, 0.1) is 18.7 Å². The Labute approximate surface area is 165 Å². The molecule has 3 heterocycles. The van der Waals surface area contributed by atoms with Crippen LogP contribution in [-0.4, -0.2) is 43.4 Å². The van der Waals surface area contributed by atoms with E-state index >= 15 is 0 Å². The monoisotopic (exact) mass is 388 g/mol.